The molecular formula is C9H11N3O2. The van der Waals surface area contributed by atoms with Gasteiger partial charge in [0.1, 0.15) is 6.61 Å². The Balaban J connectivity index is 2.17. The van der Waals surface area contributed by atoms with Crippen molar-refractivity contribution < 1.29 is 9.53 Å². The van der Waals surface area contributed by atoms with E-state index in [9.17, 15) is 4.79 Å². The van der Waals surface area contributed by atoms with Gasteiger partial charge in [-0.3, -0.25) is 9.78 Å². The van der Waals surface area contributed by atoms with Crippen LogP contribution in [-0.2, 0) is 9.53 Å². The molecule has 1 aromatic heterocycles. The molecule has 0 spiro atoms. The zero-order chi connectivity index (χ0) is 9.97. The number of amides is 1. The summed E-state index contributed by atoms with van der Waals surface area (Å²) in [5.74, 6) is -0.120. The summed E-state index contributed by atoms with van der Waals surface area (Å²) in [6.45, 7) is 0.570. The Bertz CT molecular complexity index is 354. The van der Waals surface area contributed by atoms with Crippen LogP contribution in [-0.4, -0.2) is 24.1 Å². The average Bonchev–Trinajstić information content (AvgIpc) is 2.18. The first-order chi connectivity index (χ1) is 6.75. The molecule has 74 valence electrons. The SMILES string of the molecule is Nc1ccnc([C@H]2COCC(=O)N2)c1. The van der Waals surface area contributed by atoms with Crippen LogP contribution in [0.4, 0.5) is 5.69 Å². The standard InChI is InChI=1S/C9H11N3O2/c10-6-1-2-11-7(3-6)8-4-14-5-9(13)12-8/h1-3,8H,4-5H2,(H2,10,11)(H,12,13)/t8-/m1/s1. The van der Waals surface area contributed by atoms with Crippen LogP contribution in [0.2, 0.25) is 0 Å². The Morgan fingerprint density at radius 2 is 2.50 bits per heavy atom. The molecule has 0 unspecified atom stereocenters. The lowest BCUT2D eigenvalue weighted by molar-refractivity contribution is -0.131. The van der Waals surface area contributed by atoms with Crippen molar-refractivity contribution in [3.8, 4) is 0 Å². The van der Waals surface area contributed by atoms with E-state index < -0.39 is 0 Å². The Morgan fingerprint density at radius 1 is 1.64 bits per heavy atom. The average molecular weight is 193 g/mol. The smallest absolute Gasteiger partial charge is 0.246 e. The van der Waals surface area contributed by atoms with Crippen LogP contribution in [0, 0.1) is 0 Å². The molecule has 5 heteroatoms. The topological polar surface area (TPSA) is 77.2 Å². The predicted molar refractivity (Wildman–Crippen MR) is 50.4 cm³/mol. The van der Waals surface area contributed by atoms with Crippen molar-refractivity contribution in [1.29, 1.82) is 0 Å². The van der Waals surface area contributed by atoms with E-state index in [0.717, 1.165) is 5.69 Å². The molecular weight excluding hydrogens is 182 g/mol. The van der Waals surface area contributed by atoms with E-state index in [1.54, 1.807) is 18.3 Å². The molecule has 0 aliphatic carbocycles. The van der Waals surface area contributed by atoms with Gasteiger partial charge in [0.05, 0.1) is 18.3 Å². The molecule has 1 aliphatic heterocycles. The van der Waals surface area contributed by atoms with Gasteiger partial charge in [-0.15, -0.1) is 0 Å². The van der Waals surface area contributed by atoms with Crippen LogP contribution in [0.25, 0.3) is 0 Å². The van der Waals surface area contributed by atoms with E-state index in [1.807, 2.05) is 0 Å². The van der Waals surface area contributed by atoms with Gasteiger partial charge in [0, 0.05) is 11.9 Å². The van der Waals surface area contributed by atoms with Crippen LogP contribution < -0.4 is 11.1 Å². The van der Waals surface area contributed by atoms with Crippen LogP contribution in [0.3, 0.4) is 0 Å². The molecule has 14 heavy (non-hydrogen) atoms. The monoisotopic (exact) mass is 193 g/mol. The van der Waals surface area contributed by atoms with Crippen molar-refractivity contribution in [1.82, 2.24) is 10.3 Å². The third kappa shape index (κ3) is 1.82. The third-order valence-corrected chi connectivity index (χ3v) is 2.02. The van der Waals surface area contributed by atoms with Gasteiger partial charge in [-0.1, -0.05) is 0 Å². The minimum atomic E-state index is -0.181. The summed E-state index contributed by atoms with van der Waals surface area (Å²) in [6, 6.07) is 3.26. The number of rotatable bonds is 1. The Kier molecular flexibility index (Phi) is 2.32. The van der Waals surface area contributed by atoms with Crippen LogP contribution in [0.1, 0.15) is 11.7 Å². The summed E-state index contributed by atoms with van der Waals surface area (Å²) in [4.78, 5) is 15.2. The summed E-state index contributed by atoms with van der Waals surface area (Å²) in [7, 11) is 0. The van der Waals surface area contributed by atoms with E-state index in [0.29, 0.717) is 12.3 Å². The van der Waals surface area contributed by atoms with Gasteiger partial charge < -0.3 is 15.8 Å². The number of anilines is 1. The number of nitrogen functional groups attached to an aromatic ring is 1. The second-order valence-electron chi connectivity index (χ2n) is 3.15. The van der Waals surface area contributed by atoms with Crippen molar-refractivity contribution in [2.24, 2.45) is 0 Å². The maximum absolute atomic E-state index is 11.0. The number of hydrogen-bond acceptors (Lipinski definition) is 4. The minimum absolute atomic E-state index is 0.120. The highest BCUT2D eigenvalue weighted by molar-refractivity contribution is 5.78. The molecule has 1 amide bonds. The molecule has 3 N–H and O–H groups in total. The summed E-state index contributed by atoms with van der Waals surface area (Å²) in [6.07, 6.45) is 1.62. The number of pyridine rings is 1. The molecule has 0 radical (unpaired) electrons. The number of carbonyl (C=O) groups excluding carboxylic acids is 1. The Labute approximate surface area is 81.3 Å². The molecule has 1 fully saturated rings. The second kappa shape index (κ2) is 3.63. The van der Waals surface area contributed by atoms with Gasteiger partial charge in [0.25, 0.3) is 0 Å². The van der Waals surface area contributed by atoms with Gasteiger partial charge in [-0.25, -0.2) is 0 Å². The first-order valence-corrected chi connectivity index (χ1v) is 4.34. The Hall–Kier alpha value is -1.62. The van der Waals surface area contributed by atoms with E-state index in [2.05, 4.69) is 10.3 Å². The molecule has 2 rings (SSSR count). The fourth-order valence-corrected chi connectivity index (χ4v) is 1.36. The highest BCUT2D eigenvalue weighted by atomic mass is 16.5. The van der Waals surface area contributed by atoms with Crippen molar-refractivity contribution in [3.63, 3.8) is 0 Å². The van der Waals surface area contributed by atoms with Gasteiger partial charge in [-0.05, 0) is 12.1 Å². The fourth-order valence-electron chi connectivity index (χ4n) is 1.36. The summed E-state index contributed by atoms with van der Waals surface area (Å²) in [5, 5.41) is 2.78. The van der Waals surface area contributed by atoms with Crippen LogP contribution >= 0.6 is 0 Å². The molecule has 0 aromatic carbocycles. The number of nitrogens with zero attached hydrogens (tertiary/aromatic N) is 1. The normalized spacial score (nSPS) is 21.7. The number of aromatic nitrogens is 1. The van der Waals surface area contributed by atoms with Gasteiger partial charge in [0.2, 0.25) is 5.91 Å². The lowest BCUT2D eigenvalue weighted by Crippen LogP contribution is -2.40. The lowest BCUT2D eigenvalue weighted by atomic mass is 10.1. The highest BCUT2D eigenvalue weighted by Gasteiger charge is 2.21. The molecule has 0 saturated carbocycles. The van der Waals surface area contributed by atoms with Crippen molar-refractivity contribution >= 4 is 11.6 Å². The first-order valence-electron chi connectivity index (χ1n) is 4.34. The first kappa shape index (κ1) is 8.96. The predicted octanol–water partition coefficient (Wildman–Crippen LogP) is -0.149. The number of morpholine rings is 1. The van der Waals surface area contributed by atoms with E-state index in [1.165, 1.54) is 0 Å². The zero-order valence-corrected chi connectivity index (χ0v) is 7.56. The molecule has 1 saturated heterocycles. The Morgan fingerprint density at radius 3 is 3.21 bits per heavy atom. The second-order valence-corrected chi connectivity index (χ2v) is 3.15. The van der Waals surface area contributed by atoms with E-state index >= 15 is 0 Å². The number of ether oxygens (including phenoxy) is 1. The van der Waals surface area contributed by atoms with Gasteiger partial charge in [-0.2, -0.15) is 0 Å². The summed E-state index contributed by atoms with van der Waals surface area (Å²) in [5.41, 5.74) is 6.97. The van der Waals surface area contributed by atoms with E-state index in [-0.39, 0.29) is 18.6 Å². The van der Waals surface area contributed by atoms with Crippen LogP contribution in [0.5, 0.6) is 0 Å². The minimum Gasteiger partial charge on any atom is -0.399 e. The molecule has 1 atom stereocenters. The molecule has 5 nitrogen and oxygen atoms in total. The molecule has 1 aliphatic rings. The summed E-state index contributed by atoms with van der Waals surface area (Å²) >= 11 is 0. The number of hydrogen-bond donors (Lipinski definition) is 2. The molecule has 2 heterocycles. The number of nitrogens with one attached hydrogen (secondary N) is 1. The van der Waals surface area contributed by atoms with E-state index in [4.69, 9.17) is 10.5 Å². The largest absolute Gasteiger partial charge is 0.399 e. The fraction of sp³-hybridized carbons (Fsp3) is 0.333. The highest BCUT2D eigenvalue weighted by Crippen LogP contribution is 2.15. The quantitative estimate of drug-likeness (QED) is 0.650. The zero-order valence-electron chi connectivity index (χ0n) is 7.56. The maximum atomic E-state index is 11.0. The van der Waals surface area contributed by atoms with Crippen molar-refractivity contribution in [3.05, 3.63) is 24.0 Å². The van der Waals surface area contributed by atoms with Gasteiger partial charge >= 0.3 is 0 Å². The van der Waals surface area contributed by atoms with Crippen molar-refractivity contribution in [2.45, 2.75) is 6.04 Å². The molecule has 0 bridgehead atoms. The third-order valence-electron chi connectivity index (χ3n) is 2.02. The van der Waals surface area contributed by atoms with Gasteiger partial charge in [0.15, 0.2) is 0 Å². The number of carbonyl (C=O) groups is 1. The summed E-state index contributed by atoms with van der Waals surface area (Å²) < 4.78 is 5.10. The maximum Gasteiger partial charge on any atom is 0.246 e. The van der Waals surface area contributed by atoms with Crippen LogP contribution in [0.15, 0.2) is 18.3 Å². The van der Waals surface area contributed by atoms with Crippen molar-refractivity contribution in [2.75, 3.05) is 18.9 Å². The number of nitrogens with two attached hydrogens (primary N) is 1. The lowest BCUT2D eigenvalue weighted by Gasteiger charge is -2.22. The molecule has 1 aromatic rings.